The first kappa shape index (κ1) is 19.4. The summed E-state index contributed by atoms with van der Waals surface area (Å²) in [6, 6.07) is 7.26. The number of nitrogens with zero attached hydrogens (tertiary/aromatic N) is 5. The van der Waals surface area contributed by atoms with Gasteiger partial charge in [0.1, 0.15) is 11.9 Å². The van der Waals surface area contributed by atoms with Crippen LogP contribution in [0.1, 0.15) is 22.2 Å². The summed E-state index contributed by atoms with van der Waals surface area (Å²) in [5, 5.41) is 8.29. The van der Waals surface area contributed by atoms with E-state index in [4.69, 9.17) is 11.6 Å². The van der Waals surface area contributed by atoms with Crippen LogP contribution in [0.3, 0.4) is 0 Å². The molecule has 3 aromatic rings. The fourth-order valence-corrected chi connectivity index (χ4v) is 3.42. The summed E-state index contributed by atoms with van der Waals surface area (Å²) in [7, 11) is 1.94. The number of aromatic nitrogens is 4. The van der Waals surface area contributed by atoms with Crippen LogP contribution >= 0.6 is 24.0 Å². The normalized spacial score (nSPS) is 16.8. The molecular weight excluding hydrogens is 387 g/mol. The molecule has 1 atom stereocenters. The lowest BCUT2D eigenvalue weighted by atomic mass is 10.1. The number of nitrogens with one attached hydrogen (secondary N) is 1. The minimum atomic E-state index is -0.106. The minimum Gasteiger partial charge on any atom is -0.336 e. The van der Waals surface area contributed by atoms with Gasteiger partial charge in [0, 0.05) is 50.3 Å². The molecule has 0 spiro atoms. The van der Waals surface area contributed by atoms with E-state index in [1.165, 1.54) is 0 Å². The molecule has 1 aliphatic rings. The van der Waals surface area contributed by atoms with Crippen molar-refractivity contribution in [1.29, 1.82) is 0 Å². The lowest BCUT2D eigenvalue weighted by molar-refractivity contribution is 0.0621. The zero-order chi connectivity index (χ0) is 18.1. The molecule has 142 valence electrons. The summed E-state index contributed by atoms with van der Waals surface area (Å²) >= 11 is 6.04. The first-order chi connectivity index (χ1) is 12.6. The molecule has 1 N–H and O–H groups in total. The predicted molar refractivity (Wildman–Crippen MR) is 106 cm³/mol. The highest BCUT2D eigenvalue weighted by molar-refractivity contribution is 6.30. The van der Waals surface area contributed by atoms with Crippen LogP contribution in [0.15, 0.2) is 49.1 Å². The summed E-state index contributed by atoms with van der Waals surface area (Å²) in [4.78, 5) is 19.4. The van der Waals surface area contributed by atoms with Crippen molar-refractivity contribution in [1.82, 2.24) is 29.5 Å². The van der Waals surface area contributed by atoms with Crippen molar-refractivity contribution in [2.24, 2.45) is 7.05 Å². The third-order valence-electron chi connectivity index (χ3n) is 4.56. The monoisotopic (exact) mass is 406 g/mol. The summed E-state index contributed by atoms with van der Waals surface area (Å²) in [5.41, 5.74) is 1.36. The number of hydrogen-bond donors (Lipinski definition) is 1. The highest BCUT2D eigenvalue weighted by Crippen LogP contribution is 2.23. The van der Waals surface area contributed by atoms with Crippen LogP contribution in [0.4, 0.5) is 0 Å². The Morgan fingerprint density at radius 3 is 2.96 bits per heavy atom. The fourth-order valence-electron chi connectivity index (χ4n) is 3.24. The van der Waals surface area contributed by atoms with E-state index >= 15 is 0 Å². The van der Waals surface area contributed by atoms with E-state index in [0.29, 0.717) is 23.7 Å². The van der Waals surface area contributed by atoms with Crippen molar-refractivity contribution < 1.29 is 4.79 Å². The van der Waals surface area contributed by atoms with Crippen LogP contribution in [-0.2, 0) is 7.05 Å². The average Bonchev–Trinajstić information content (AvgIpc) is 3.30. The van der Waals surface area contributed by atoms with Gasteiger partial charge in [-0.1, -0.05) is 17.7 Å². The van der Waals surface area contributed by atoms with Crippen molar-refractivity contribution in [3.05, 3.63) is 65.5 Å². The number of benzene rings is 1. The van der Waals surface area contributed by atoms with Crippen molar-refractivity contribution in [2.75, 3.05) is 19.6 Å². The fraction of sp³-hybridized carbons (Fsp3) is 0.278. The topological polar surface area (TPSA) is 68.0 Å². The Hall–Kier alpha value is -2.35. The van der Waals surface area contributed by atoms with E-state index in [1.807, 2.05) is 40.9 Å². The molecule has 1 aliphatic heterocycles. The lowest BCUT2D eigenvalue weighted by Gasteiger charge is -2.35. The van der Waals surface area contributed by atoms with Crippen molar-refractivity contribution in [2.45, 2.75) is 6.04 Å². The van der Waals surface area contributed by atoms with Gasteiger partial charge in [-0.05, 0) is 18.2 Å². The largest absolute Gasteiger partial charge is 0.336 e. The van der Waals surface area contributed by atoms with Crippen molar-refractivity contribution in [3.8, 4) is 5.69 Å². The van der Waals surface area contributed by atoms with Crippen LogP contribution in [0.25, 0.3) is 5.69 Å². The van der Waals surface area contributed by atoms with E-state index in [2.05, 4.69) is 15.4 Å². The molecular formula is C18H20Cl2N6O. The molecule has 7 nitrogen and oxygen atoms in total. The molecule has 4 rings (SSSR count). The molecule has 9 heteroatoms. The second-order valence-corrected chi connectivity index (χ2v) is 6.70. The third kappa shape index (κ3) is 3.85. The summed E-state index contributed by atoms with van der Waals surface area (Å²) < 4.78 is 3.62. The zero-order valence-electron chi connectivity index (χ0n) is 14.7. The molecule has 3 heterocycles. The molecule has 27 heavy (non-hydrogen) atoms. The van der Waals surface area contributed by atoms with Gasteiger partial charge in [0.2, 0.25) is 0 Å². The molecule has 0 aliphatic carbocycles. The summed E-state index contributed by atoms with van der Waals surface area (Å²) in [6.45, 7) is 2.06. The Morgan fingerprint density at radius 2 is 2.22 bits per heavy atom. The first-order valence-corrected chi connectivity index (χ1v) is 8.81. The standard InChI is InChI=1S/C18H19ClN6O.ClH/c1-23-7-6-21-17(23)16-11-20-5-8-24(16)18(26)13-10-22-25(12-13)15-4-2-3-14(19)9-15;/h2-4,6-7,9-10,12,16,20H,5,8,11H2,1H3;1H. The van der Waals surface area contributed by atoms with Crippen molar-refractivity contribution >= 4 is 29.9 Å². The smallest absolute Gasteiger partial charge is 0.257 e. The van der Waals surface area contributed by atoms with Crippen LogP contribution in [-0.4, -0.2) is 49.8 Å². The van der Waals surface area contributed by atoms with Gasteiger partial charge in [-0.3, -0.25) is 4.79 Å². The third-order valence-corrected chi connectivity index (χ3v) is 4.80. The van der Waals surface area contributed by atoms with E-state index in [-0.39, 0.29) is 24.4 Å². The lowest BCUT2D eigenvalue weighted by Crippen LogP contribution is -2.49. The maximum Gasteiger partial charge on any atom is 0.257 e. The van der Waals surface area contributed by atoms with E-state index in [1.54, 1.807) is 29.3 Å². The minimum absolute atomic E-state index is 0. The molecule has 1 aromatic carbocycles. The van der Waals surface area contributed by atoms with Gasteiger partial charge in [-0.2, -0.15) is 5.10 Å². The highest BCUT2D eigenvalue weighted by atomic mass is 35.5. The number of amides is 1. The van der Waals surface area contributed by atoms with Crippen LogP contribution in [0.5, 0.6) is 0 Å². The van der Waals surface area contributed by atoms with Crippen LogP contribution < -0.4 is 5.32 Å². The van der Waals surface area contributed by atoms with E-state index < -0.39 is 0 Å². The van der Waals surface area contributed by atoms with Gasteiger partial charge in [-0.25, -0.2) is 9.67 Å². The molecule has 1 amide bonds. The van der Waals surface area contributed by atoms with Gasteiger partial charge >= 0.3 is 0 Å². The molecule has 1 saturated heterocycles. The molecule has 0 bridgehead atoms. The second kappa shape index (κ2) is 8.12. The molecule has 1 fully saturated rings. The number of carbonyl (C=O) groups is 1. The van der Waals surface area contributed by atoms with Gasteiger partial charge in [0.05, 0.1) is 17.4 Å². The maximum atomic E-state index is 13.1. The number of aryl methyl sites for hydroxylation is 1. The summed E-state index contributed by atoms with van der Waals surface area (Å²) in [5.74, 6) is 0.820. The van der Waals surface area contributed by atoms with Crippen molar-refractivity contribution in [3.63, 3.8) is 0 Å². The SMILES string of the molecule is Cl.Cn1ccnc1C1CNCCN1C(=O)c1cnn(-c2cccc(Cl)c2)c1. The molecule has 0 saturated carbocycles. The second-order valence-electron chi connectivity index (χ2n) is 6.27. The number of hydrogen-bond acceptors (Lipinski definition) is 4. The van der Waals surface area contributed by atoms with Gasteiger partial charge in [-0.15, -0.1) is 12.4 Å². The molecule has 1 unspecified atom stereocenters. The van der Waals surface area contributed by atoms with Gasteiger partial charge < -0.3 is 14.8 Å². The zero-order valence-corrected chi connectivity index (χ0v) is 16.3. The van der Waals surface area contributed by atoms with E-state index in [0.717, 1.165) is 18.1 Å². The predicted octanol–water partition coefficient (Wildman–Crippen LogP) is 2.47. The van der Waals surface area contributed by atoms with Gasteiger partial charge in [0.25, 0.3) is 5.91 Å². The first-order valence-electron chi connectivity index (χ1n) is 8.43. The van der Waals surface area contributed by atoms with Crippen LogP contribution in [0, 0.1) is 0 Å². The Kier molecular flexibility index (Phi) is 5.84. The maximum absolute atomic E-state index is 13.1. The highest BCUT2D eigenvalue weighted by Gasteiger charge is 2.31. The average molecular weight is 407 g/mol. The number of halogens is 2. The number of imidazole rings is 1. The Balaban J connectivity index is 0.00000210. The number of carbonyl (C=O) groups excluding carboxylic acids is 1. The summed E-state index contributed by atoms with van der Waals surface area (Å²) in [6.07, 6.45) is 6.99. The Morgan fingerprint density at radius 1 is 1.37 bits per heavy atom. The van der Waals surface area contributed by atoms with Crippen LogP contribution in [0.2, 0.25) is 5.02 Å². The Labute approximate surface area is 168 Å². The van der Waals surface area contributed by atoms with E-state index in [9.17, 15) is 4.79 Å². The number of piperazine rings is 1. The quantitative estimate of drug-likeness (QED) is 0.725. The number of rotatable bonds is 3. The molecule has 0 radical (unpaired) electrons. The Bertz CT molecular complexity index is 937. The van der Waals surface area contributed by atoms with Gasteiger partial charge in [0.15, 0.2) is 0 Å². The molecule has 2 aromatic heterocycles.